The molecule has 4 aliphatic rings. The molecule has 2 saturated carbocycles. The topological polar surface area (TPSA) is 38.9 Å². The average Bonchev–Trinajstić information content (AvgIpc) is 3.85. The summed E-state index contributed by atoms with van der Waals surface area (Å²) in [7, 11) is 0. The van der Waals surface area contributed by atoms with E-state index < -0.39 is 0 Å². The quantitative estimate of drug-likeness (QED) is 0.183. The predicted octanol–water partition coefficient (Wildman–Crippen LogP) is 13.8. The second-order valence-corrected chi connectivity index (χ2v) is 16.6. The second-order valence-electron chi connectivity index (χ2n) is 16.6. The zero-order valence-electron chi connectivity index (χ0n) is 31.1. The number of furan rings is 1. The minimum Gasteiger partial charge on any atom is -0.452 e. The van der Waals surface area contributed by atoms with Crippen molar-refractivity contribution in [2.45, 2.75) is 75.0 Å². The van der Waals surface area contributed by atoms with Crippen LogP contribution in [0.15, 0.2) is 138 Å². The second kappa shape index (κ2) is 11.8. The molecule has 8 aromatic rings. The molecular weight excluding hydrogens is 669 g/mol. The van der Waals surface area contributed by atoms with E-state index in [4.69, 9.17) is 14.4 Å². The van der Waals surface area contributed by atoms with E-state index in [0.29, 0.717) is 5.82 Å². The first-order chi connectivity index (χ1) is 27.2. The van der Waals surface area contributed by atoms with Crippen LogP contribution < -0.4 is 0 Å². The van der Waals surface area contributed by atoms with Crippen LogP contribution in [0.5, 0.6) is 0 Å². The van der Waals surface area contributed by atoms with Crippen molar-refractivity contribution in [2.24, 2.45) is 0 Å². The molecule has 2 fully saturated rings. The van der Waals surface area contributed by atoms with E-state index in [1.54, 1.807) is 16.7 Å². The van der Waals surface area contributed by atoms with Crippen molar-refractivity contribution in [2.75, 3.05) is 0 Å². The average molecular weight is 711 g/mol. The summed E-state index contributed by atoms with van der Waals surface area (Å²) in [6.07, 6.45) is 12.8. The first-order valence-corrected chi connectivity index (χ1v) is 20.5. The van der Waals surface area contributed by atoms with Crippen LogP contribution in [0.4, 0.5) is 0 Å². The van der Waals surface area contributed by atoms with E-state index in [1.807, 2.05) is 30.3 Å². The molecule has 2 heterocycles. The Balaban J connectivity index is 1.08. The van der Waals surface area contributed by atoms with Gasteiger partial charge in [0.1, 0.15) is 16.8 Å². The van der Waals surface area contributed by atoms with Gasteiger partial charge in [0.05, 0.1) is 0 Å². The Morgan fingerprint density at radius 2 is 1.05 bits per heavy atom. The van der Waals surface area contributed by atoms with Gasteiger partial charge in [-0.15, -0.1) is 0 Å². The minimum atomic E-state index is 0.0561. The van der Waals surface area contributed by atoms with Crippen LogP contribution in [0.25, 0.3) is 78.1 Å². The maximum absolute atomic E-state index is 6.57. The van der Waals surface area contributed by atoms with Crippen molar-refractivity contribution in [3.8, 4) is 56.0 Å². The summed E-state index contributed by atoms with van der Waals surface area (Å²) < 4.78 is 6.57. The number of para-hydroxylation sites is 1. The predicted molar refractivity (Wildman–Crippen MR) is 224 cm³/mol. The number of fused-ring (bicyclic) bond motifs is 13. The molecular formula is C52H42N2O. The molecule has 3 nitrogen and oxygen atoms in total. The fraction of sp³-hybridized carbons (Fsp3) is 0.231. The summed E-state index contributed by atoms with van der Waals surface area (Å²) >= 11 is 0. The molecule has 2 spiro atoms. The Bertz CT molecular complexity index is 2830. The highest BCUT2D eigenvalue weighted by Gasteiger charge is 2.49. The van der Waals surface area contributed by atoms with Gasteiger partial charge in [-0.2, -0.15) is 0 Å². The zero-order valence-corrected chi connectivity index (χ0v) is 31.1. The van der Waals surface area contributed by atoms with E-state index in [1.165, 1.54) is 103 Å². The molecule has 2 aromatic heterocycles. The standard InChI is InChI=1S/C52H42N2O/c1-4-16-33(17-5-1)50-53-47(49-48(54-50)38-21-7-9-25-45(38)55-49)35-19-14-18-34(30-35)36-22-15-24-42-46(36)40-32-43-39(31-44(40)52(42)28-12-3-13-29-52)37-20-6-8-23-41(37)51(43)26-10-2-11-27-51/h1,4-9,14-25,30-32H,2-3,10-13,26-29H2. The monoisotopic (exact) mass is 710 g/mol. The van der Waals surface area contributed by atoms with Gasteiger partial charge in [0.25, 0.3) is 0 Å². The van der Waals surface area contributed by atoms with Crippen molar-refractivity contribution in [1.82, 2.24) is 9.97 Å². The van der Waals surface area contributed by atoms with Gasteiger partial charge in [-0.1, -0.05) is 142 Å². The van der Waals surface area contributed by atoms with Gasteiger partial charge in [0.2, 0.25) is 0 Å². The van der Waals surface area contributed by atoms with Gasteiger partial charge in [-0.25, -0.2) is 9.97 Å². The van der Waals surface area contributed by atoms with Crippen molar-refractivity contribution in [3.63, 3.8) is 0 Å². The van der Waals surface area contributed by atoms with Crippen LogP contribution in [-0.4, -0.2) is 9.97 Å². The molecule has 266 valence electrons. The van der Waals surface area contributed by atoms with Crippen molar-refractivity contribution in [3.05, 3.63) is 156 Å². The molecule has 12 rings (SSSR count). The highest BCUT2D eigenvalue weighted by molar-refractivity contribution is 6.07. The third kappa shape index (κ3) is 4.44. The Hall–Kier alpha value is -5.80. The first kappa shape index (κ1) is 31.5. The molecule has 0 bridgehead atoms. The highest BCUT2D eigenvalue weighted by Crippen LogP contribution is 2.63. The molecule has 0 radical (unpaired) electrons. The van der Waals surface area contributed by atoms with Gasteiger partial charge in [0, 0.05) is 27.3 Å². The largest absolute Gasteiger partial charge is 0.452 e. The minimum absolute atomic E-state index is 0.0561. The van der Waals surface area contributed by atoms with E-state index in [9.17, 15) is 0 Å². The van der Waals surface area contributed by atoms with Crippen LogP contribution in [0, 0.1) is 0 Å². The number of nitrogens with zero attached hydrogens (tertiary/aromatic N) is 2. The summed E-state index contributed by atoms with van der Waals surface area (Å²) in [5.41, 5.74) is 20.1. The van der Waals surface area contributed by atoms with E-state index in [-0.39, 0.29) is 10.8 Å². The number of hydrogen-bond acceptors (Lipinski definition) is 3. The zero-order chi connectivity index (χ0) is 36.1. The Labute approximate surface area is 322 Å². The molecule has 55 heavy (non-hydrogen) atoms. The molecule has 0 aliphatic heterocycles. The number of rotatable bonds is 3. The lowest BCUT2D eigenvalue weighted by molar-refractivity contribution is 0.350. The third-order valence-electron chi connectivity index (χ3n) is 13.9. The number of hydrogen-bond donors (Lipinski definition) is 0. The maximum atomic E-state index is 6.57. The summed E-state index contributed by atoms with van der Waals surface area (Å²) in [5, 5.41) is 1.01. The van der Waals surface area contributed by atoms with Gasteiger partial charge < -0.3 is 4.42 Å². The molecule has 6 aromatic carbocycles. The maximum Gasteiger partial charge on any atom is 0.180 e. The van der Waals surface area contributed by atoms with Gasteiger partial charge >= 0.3 is 0 Å². The smallest absolute Gasteiger partial charge is 0.180 e. The molecule has 0 saturated heterocycles. The summed E-state index contributed by atoms with van der Waals surface area (Å²) in [6, 6.07) is 49.5. The Kier molecular flexibility index (Phi) is 6.79. The van der Waals surface area contributed by atoms with Crippen LogP contribution in [0.2, 0.25) is 0 Å². The molecule has 0 atom stereocenters. The van der Waals surface area contributed by atoms with Gasteiger partial charge in [-0.05, 0) is 112 Å². The molecule has 0 unspecified atom stereocenters. The van der Waals surface area contributed by atoms with E-state index >= 15 is 0 Å². The van der Waals surface area contributed by atoms with Crippen molar-refractivity contribution >= 4 is 22.1 Å². The molecule has 0 amide bonds. The van der Waals surface area contributed by atoms with Crippen LogP contribution in [-0.2, 0) is 10.8 Å². The lowest BCUT2D eigenvalue weighted by Gasteiger charge is -2.37. The van der Waals surface area contributed by atoms with E-state index in [2.05, 4.69) is 103 Å². The number of benzene rings is 6. The SMILES string of the molecule is c1ccc(-c2nc(-c3cccc(-c4cccc5c4-c4cc6c(cc4C54CCCCC4)-c4ccccc4C64CCCCC4)c3)c3oc4ccccc4c3n2)cc1. The summed E-state index contributed by atoms with van der Waals surface area (Å²) in [6.45, 7) is 0. The fourth-order valence-corrected chi connectivity index (χ4v) is 11.5. The van der Waals surface area contributed by atoms with Gasteiger partial charge in [0.15, 0.2) is 11.4 Å². The molecule has 0 N–H and O–H groups in total. The van der Waals surface area contributed by atoms with E-state index in [0.717, 1.165) is 38.9 Å². The van der Waals surface area contributed by atoms with Crippen LogP contribution in [0.3, 0.4) is 0 Å². The normalized spacial score (nSPS) is 17.4. The van der Waals surface area contributed by atoms with Crippen molar-refractivity contribution in [1.29, 1.82) is 0 Å². The summed E-state index contributed by atoms with van der Waals surface area (Å²) in [5.74, 6) is 0.709. The van der Waals surface area contributed by atoms with Crippen molar-refractivity contribution < 1.29 is 4.42 Å². The highest BCUT2D eigenvalue weighted by atomic mass is 16.3. The third-order valence-corrected chi connectivity index (χ3v) is 13.9. The fourth-order valence-electron chi connectivity index (χ4n) is 11.5. The molecule has 3 heteroatoms. The van der Waals surface area contributed by atoms with Crippen LogP contribution in [0.1, 0.15) is 86.5 Å². The lowest BCUT2D eigenvalue weighted by Crippen LogP contribution is -2.29. The Morgan fingerprint density at radius 3 is 1.89 bits per heavy atom. The summed E-state index contributed by atoms with van der Waals surface area (Å²) in [4.78, 5) is 10.3. The Morgan fingerprint density at radius 1 is 0.436 bits per heavy atom. The number of aromatic nitrogens is 2. The van der Waals surface area contributed by atoms with Crippen LogP contribution >= 0.6 is 0 Å². The lowest BCUT2D eigenvalue weighted by atomic mass is 9.66. The van der Waals surface area contributed by atoms with Gasteiger partial charge in [-0.3, -0.25) is 0 Å². The molecule has 4 aliphatic carbocycles. The first-order valence-electron chi connectivity index (χ1n) is 20.5.